The molecule has 0 saturated carbocycles. The normalized spacial score (nSPS) is 17.9. The number of nitrogens with one attached hydrogen (secondary N) is 5. The molecule has 35 nitrogen and oxygen atoms in total. The first kappa shape index (κ1) is 107. The molecule has 10 atom stereocenters. The number of benzene rings is 4. The first-order valence-electron chi connectivity index (χ1n) is 47.2. The van der Waals surface area contributed by atoms with Crippen molar-refractivity contribution in [3.05, 3.63) is 167 Å². The molecule has 4 saturated heterocycles. The first-order chi connectivity index (χ1) is 64.3. The summed E-state index contributed by atoms with van der Waals surface area (Å²) in [5, 5.41) is 30.2. The van der Waals surface area contributed by atoms with E-state index in [-0.39, 0.29) is 150 Å². The van der Waals surface area contributed by atoms with Gasteiger partial charge in [0, 0.05) is 77.6 Å². The Balaban J connectivity index is 0.000000303. The summed E-state index contributed by atoms with van der Waals surface area (Å²) >= 11 is 0. The summed E-state index contributed by atoms with van der Waals surface area (Å²) in [6.45, 7) is 25.1. The van der Waals surface area contributed by atoms with Crippen molar-refractivity contribution >= 4 is 76.4 Å². The van der Waals surface area contributed by atoms with Crippen molar-refractivity contribution in [1.29, 1.82) is 0 Å². The maximum Gasteiger partial charge on any atom is 0.339 e. The molecule has 4 aliphatic rings. The fraction of sp³-hybridized carbons (Fsp3) is 0.590. The number of carbonyl (C=O) groups is 13. The minimum absolute atomic E-state index is 0.0115. The predicted octanol–water partition coefficient (Wildman–Crippen LogP) is 7.12. The summed E-state index contributed by atoms with van der Waals surface area (Å²) in [4.78, 5) is 190. The van der Waals surface area contributed by atoms with Crippen molar-refractivity contribution in [2.45, 2.75) is 239 Å². The zero-order chi connectivity index (χ0) is 97.9. The molecule has 35 heteroatoms. The smallest absolute Gasteiger partial charge is 0.339 e. The Morgan fingerprint density at radius 1 is 0.496 bits per heavy atom. The van der Waals surface area contributed by atoms with E-state index in [0.29, 0.717) is 89.7 Å². The van der Waals surface area contributed by atoms with Crippen LogP contribution in [-0.4, -0.2) is 271 Å². The average Bonchev–Trinajstić information content (AvgIpc) is 1.64. The minimum Gasteiger partial charge on any atom is -0.444 e. The predicted molar refractivity (Wildman–Crippen MR) is 500 cm³/mol. The summed E-state index contributed by atoms with van der Waals surface area (Å²) in [5.74, 6) is -7.89. The number of carbonyl (C=O) groups excluding carboxylic acids is 13. The Morgan fingerprint density at radius 2 is 0.881 bits per heavy atom. The molecule has 0 radical (unpaired) electrons. The molecule has 7 amide bonds. The van der Waals surface area contributed by atoms with Crippen molar-refractivity contribution in [2.75, 3.05) is 92.4 Å². The lowest BCUT2D eigenvalue weighted by Crippen LogP contribution is -2.57. The lowest BCUT2D eigenvalue weighted by molar-refractivity contribution is -0.178. The van der Waals surface area contributed by atoms with Crippen LogP contribution in [-0.2, 0) is 148 Å². The third-order valence-corrected chi connectivity index (χ3v) is 24.3. The SMILES string of the molecule is CC(C)C[C@H](NC(=O)[C@H](CCc1ccccc1)N(COC(=O)C(C)(C)OCc1cnnn1C)C(=O)CN1CCOCC1)C(=O)C[C@@H](Cc1ccccc1)C(=O)N[C@@H](CC(C)C)C(=O)[C@@]1(C)CO1.CC(C)C[C@H](NC(=O)[C@H](CCc1ccccc1)N(COC(=O)CCC(=O)NCc1cn(C)nn1)C(=O)CN1CCOCC1)C(=O)C[C@@H](Cc1ccccc1)C(=O)N[C@@H](CC(C)C)C(=O)[C@@]1(C)CO1. The molecule has 4 aliphatic heterocycles. The second-order valence-electron chi connectivity index (χ2n) is 38.2. The number of epoxide rings is 2. The molecular weight excluding hydrogens is 1730 g/mol. The molecule has 4 aromatic carbocycles. The summed E-state index contributed by atoms with van der Waals surface area (Å²) in [6, 6.07) is 31.5. The molecule has 2 aromatic heterocycles. The van der Waals surface area contributed by atoms with Gasteiger partial charge in [-0.05, 0) is 138 Å². The Hall–Kier alpha value is -11.2. The van der Waals surface area contributed by atoms with Crippen LogP contribution in [0, 0.1) is 35.5 Å². The number of aryl methyl sites for hydroxylation is 4. The number of rotatable bonds is 55. The Labute approximate surface area is 792 Å². The number of hydrogen-bond donors (Lipinski definition) is 5. The Bertz CT molecular complexity index is 4840. The van der Waals surface area contributed by atoms with Gasteiger partial charge in [-0.25, -0.2) is 4.79 Å². The third kappa shape index (κ3) is 35.8. The van der Waals surface area contributed by atoms with Crippen LogP contribution in [0.5, 0.6) is 0 Å². The number of esters is 2. The number of aromatic nitrogens is 6. The summed E-state index contributed by atoms with van der Waals surface area (Å²) in [7, 11) is 3.41. The molecule has 0 bridgehead atoms. The quantitative estimate of drug-likeness (QED) is 0.0144. The number of Topliss-reactive ketones (excluding diaryl/α,β-unsaturated/α-hetero) is 4. The monoisotopic (exact) mass is 1870 g/mol. The van der Waals surface area contributed by atoms with Gasteiger partial charge in [-0.15, -0.1) is 10.2 Å². The van der Waals surface area contributed by atoms with E-state index in [0.717, 1.165) is 22.3 Å². The van der Waals surface area contributed by atoms with Gasteiger partial charge in [-0.3, -0.25) is 86.5 Å². The van der Waals surface area contributed by atoms with Crippen molar-refractivity contribution in [1.82, 2.24) is 76.2 Å². The maximum absolute atomic E-state index is 14.9. The molecule has 5 N–H and O–H groups in total. The van der Waals surface area contributed by atoms with Crippen LogP contribution in [0.15, 0.2) is 134 Å². The van der Waals surface area contributed by atoms with Crippen molar-refractivity contribution in [3.8, 4) is 0 Å². The van der Waals surface area contributed by atoms with E-state index in [1.165, 1.54) is 25.4 Å². The topological polar surface area (TPSA) is 428 Å². The summed E-state index contributed by atoms with van der Waals surface area (Å²) in [5.41, 5.74) is 1.25. The van der Waals surface area contributed by atoms with Crippen molar-refractivity contribution in [2.24, 2.45) is 49.6 Å². The number of morpholine rings is 2. The van der Waals surface area contributed by atoms with E-state index >= 15 is 0 Å². The molecule has 6 heterocycles. The van der Waals surface area contributed by atoms with Gasteiger partial charge in [0.2, 0.25) is 41.4 Å². The Kier molecular flexibility index (Phi) is 42.0. The van der Waals surface area contributed by atoms with Crippen molar-refractivity contribution < 1.29 is 95.5 Å². The second kappa shape index (κ2) is 52.8. The van der Waals surface area contributed by atoms with Crippen LogP contribution in [0.25, 0.3) is 0 Å². The van der Waals surface area contributed by atoms with Gasteiger partial charge in [0.15, 0.2) is 42.2 Å². The lowest BCUT2D eigenvalue weighted by atomic mass is 9.87. The van der Waals surface area contributed by atoms with Gasteiger partial charge >= 0.3 is 11.9 Å². The maximum atomic E-state index is 14.9. The van der Waals surface area contributed by atoms with E-state index in [2.05, 4.69) is 47.2 Å². The number of ether oxygens (including phenoxy) is 7. The molecule has 0 aliphatic carbocycles. The molecule has 135 heavy (non-hydrogen) atoms. The molecule has 4 fully saturated rings. The average molecular weight is 1870 g/mol. The van der Waals surface area contributed by atoms with E-state index < -0.39 is 132 Å². The highest BCUT2D eigenvalue weighted by atomic mass is 16.6. The zero-order valence-corrected chi connectivity index (χ0v) is 81.0. The number of nitrogens with zero attached hydrogens (tertiary/aromatic N) is 10. The van der Waals surface area contributed by atoms with E-state index in [9.17, 15) is 62.3 Å². The summed E-state index contributed by atoms with van der Waals surface area (Å²) in [6.07, 6.45) is 4.89. The first-order valence-corrected chi connectivity index (χ1v) is 47.2. The fourth-order valence-electron chi connectivity index (χ4n) is 16.1. The zero-order valence-electron chi connectivity index (χ0n) is 81.0. The van der Waals surface area contributed by atoms with Crippen LogP contribution < -0.4 is 26.6 Å². The Morgan fingerprint density at radius 3 is 1.25 bits per heavy atom. The molecular formula is C100H141N15O20. The highest BCUT2D eigenvalue weighted by Crippen LogP contribution is 2.33. The highest BCUT2D eigenvalue weighted by Gasteiger charge is 2.52. The standard InChI is InChI=1S/C50H70N8O10.C50H71N7O10/c1-34(2)25-40(43(59)28-38(27-37-15-11-8-12-16-37)48(64)53-41(26-35(3)4)47(63)50(5)32-68-50)52-49(65)42(18-17-36-13-9-7-10-14-36)58(45(61)31-57-21-23-66-24-22-57)33-67-46(62)20-19-44(60)51-29-39-30-56(6)55-54-39;1-34(2)25-40(43(58)28-38(27-37-17-13-10-14-18-37)46(61)53-41(26-35(3)4)45(60)50(7)32-67-50)52-47(62)42(20-19-36-15-11-9-12-16-36)57(44(59)30-56-21-23-64-24-22-56)33-65-48(63)49(5,6)66-31-39-29-51-54-55(39)8/h7-16,30,34-35,38,40-42H,17-29,31-33H2,1-6H3,(H,51,60)(H,52,65)(H,53,64);9-18,29,34-35,38,40-42H,19-28,30-33H2,1-8H3,(H,52,62)(H,53,61)/t2*38-,40+,41+,42+,50-/m11/s1. The van der Waals surface area contributed by atoms with Crippen LogP contribution in [0.1, 0.15) is 181 Å². The van der Waals surface area contributed by atoms with Gasteiger partial charge in [0.05, 0.1) is 108 Å². The number of ketones is 4. The van der Waals surface area contributed by atoms with Gasteiger partial charge in [0.25, 0.3) is 0 Å². The summed E-state index contributed by atoms with van der Waals surface area (Å²) < 4.78 is 42.4. The number of hydrogen-bond acceptors (Lipinski definition) is 26. The molecule has 0 unspecified atom stereocenters. The largest absolute Gasteiger partial charge is 0.444 e. The molecule has 0 spiro atoms. The number of amides is 7. The van der Waals surface area contributed by atoms with Crippen LogP contribution in [0.2, 0.25) is 0 Å². The molecule has 736 valence electrons. The van der Waals surface area contributed by atoms with Gasteiger partial charge in [-0.2, -0.15) is 0 Å². The molecule has 6 aromatic rings. The van der Waals surface area contributed by atoms with E-state index in [1.807, 2.05) is 187 Å². The van der Waals surface area contributed by atoms with Crippen LogP contribution in [0.4, 0.5) is 0 Å². The van der Waals surface area contributed by atoms with Gasteiger partial charge < -0.3 is 59.7 Å². The second-order valence-corrected chi connectivity index (χ2v) is 38.2. The highest BCUT2D eigenvalue weighted by molar-refractivity contribution is 6.00. The minimum atomic E-state index is -1.46. The van der Waals surface area contributed by atoms with Gasteiger partial charge in [-0.1, -0.05) is 187 Å². The van der Waals surface area contributed by atoms with Crippen molar-refractivity contribution in [3.63, 3.8) is 0 Å². The van der Waals surface area contributed by atoms with Crippen LogP contribution >= 0.6 is 0 Å². The molecule has 10 rings (SSSR count). The fourth-order valence-corrected chi connectivity index (χ4v) is 16.1. The third-order valence-electron chi connectivity index (χ3n) is 24.3. The van der Waals surface area contributed by atoms with Gasteiger partial charge in [0.1, 0.15) is 29.0 Å². The van der Waals surface area contributed by atoms with E-state index in [4.69, 9.17) is 33.2 Å². The van der Waals surface area contributed by atoms with E-state index in [1.54, 1.807) is 48.0 Å². The van der Waals surface area contributed by atoms with Crippen LogP contribution in [0.3, 0.4) is 0 Å². The lowest BCUT2D eigenvalue weighted by Gasteiger charge is -2.35.